The minimum atomic E-state index is -0.762. The number of carbonyl (C=O) groups excluding carboxylic acids is 4. The molecule has 0 spiro atoms. The molecule has 5 aliphatic rings. The summed E-state index contributed by atoms with van der Waals surface area (Å²) in [5.74, 6) is -0.278. The fraction of sp³-hybridized carbons (Fsp3) is 0.500. The summed E-state index contributed by atoms with van der Waals surface area (Å²) >= 11 is 6.66. The van der Waals surface area contributed by atoms with Gasteiger partial charge < -0.3 is 39.4 Å². The van der Waals surface area contributed by atoms with Gasteiger partial charge in [0.1, 0.15) is 17.7 Å². The van der Waals surface area contributed by atoms with Crippen LogP contribution in [0.2, 0.25) is 5.02 Å². The van der Waals surface area contributed by atoms with E-state index in [0.29, 0.717) is 33.3 Å². The molecule has 0 radical (unpaired) electrons. The molecule has 1 atom stereocenters. The Bertz CT molecular complexity index is 2570. The molecule has 0 bridgehead atoms. The zero-order chi connectivity index (χ0) is 45.5. The zero-order valence-corrected chi connectivity index (χ0v) is 37.8. The van der Waals surface area contributed by atoms with E-state index in [1.807, 2.05) is 38.1 Å². The first-order chi connectivity index (χ1) is 31.3. The highest BCUT2D eigenvalue weighted by atomic mass is 35.5. The number of ether oxygens (including phenoxy) is 2. The molecule has 65 heavy (non-hydrogen) atoms. The Balaban J connectivity index is 0.728. The van der Waals surface area contributed by atoms with Gasteiger partial charge in [-0.3, -0.25) is 29.3 Å². The molecule has 4 amide bonds. The van der Waals surface area contributed by atoms with Crippen LogP contribution >= 0.6 is 11.6 Å². The quantitative estimate of drug-likeness (QED) is 0.134. The third-order valence-corrected chi connectivity index (χ3v) is 14.1. The predicted octanol–water partition coefficient (Wildman–Crippen LogP) is 6.04. The van der Waals surface area contributed by atoms with Gasteiger partial charge in [-0.1, -0.05) is 17.7 Å². The normalized spacial score (nSPS) is 22.0. The first kappa shape index (κ1) is 44.6. The number of fused-ring (bicyclic) bond motifs is 2. The minimum Gasteiger partial charge on any atom is -0.478 e. The standard InChI is InChI=1S/C48H56ClFN8O7/c1-27(2)58-39-7-4-31(20-30(39)21-41(48(58)63)64-26-44(60)51-3)53-38-22-42(52-23-37(38)49)56-16-12-32(13-17-56)65-33-18-28(19-33)24-55-14-10-29(11-15-55)34-5-6-35-36(45(34)50)25-57(47(35)62)40-8-9-43(59)54-46(40)61/h4-7,20-23,27-29,32-33,40H,8-19,24-26H2,1-3H3,(H,51,60)(H,52,53)(H,54,59,61). The molecule has 4 aromatic rings. The van der Waals surface area contributed by atoms with E-state index in [2.05, 4.69) is 30.7 Å². The molecule has 1 saturated carbocycles. The van der Waals surface area contributed by atoms with E-state index in [4.69, 9.17) is 21.1 Å². The van der Waals surface area contributed by atoms with Gasteiger partial charge in [0.2, 0.25) is 11.8 Å². The lowest BCUT2D eigenvalue weighted by atomic mass is 9.80. The molecule has 3 N–H and O–H groups in total. The number of benzene rings is 2. The summed E-state index contributed by atoms with van der Waals surface area (Å²) in [6.45, 7) is 8.06. The largest absolute Gasteiger partial charge is 0.478 e. The topological polar surface area (TPSA) is 167 Å². The molecule has 4 fully saturated rings. The average Bonchev–Trinajstić information content (AvgIpc) is 3.62. The van der Waals surface area contributed by atoms with Crippen molar-refractivity contribution in [1.82, 2.24) is 30.0 Å². The number of hydrogen-bond acceptors (Lipinski definition) is 11. The van der Waals surface area contributed by atoms with Crippen molar-refractivity contribution in [2.24, 2.45) is 5.92 Å². The second-order valence-electron chi connectivity index (χ2n) is 18.4. The Hall–Kier alpha value is -5.58. The number of hydrogen-bond donors (Lipinski definition) is 3. The summed E-state index contributed by atoms with van der Waals surface area (Å²) in [7, 11) is 1.52. The van der Waals surface area contributed by atoms with E-state index in [0.717, 1.165) is 93.7 Å². The van der Waals surface area contributed by atoms with Crippen LogP contribution in [0.4, 0.5) is 21.6 Å². The maximum Gasteiger partial charge on any atom is 0.293 e. The lowest BCUT2D eigenvalue weighted by molar-refractivity contribution is -0.137. The molecular weight excluding hydrogens is 855 g/mol. The smallest absolute Gasteiger partial charge is 0.293 e. The molecule has 6 heterocycles. The molecule has 1 unspecified atom stereocenters. The van der Waals surface area contributed by atoms with Crippen LogP contribution < -0.4 is 31.1 Å². The van der Waals surface area contributed by atoms with Gasteiger partial charge in [0.25, 0.3) is 17.4 Å². The van der Waals surface area contributed by atoms with Crippen molar-refractivity contribution < 1.29 is 33.0 Å². The summed E-state index contributed by atoms with van der Waals surface area (Å²) in [6.07, 6.45) is 8.10. The molecule has 9 rings (SSSR count). The number of likely N-dealkylation sites (tertiary alicyclic amines) is 1. The number of amides is 4. The SMILES string of the molecule is CNC(=O)COc1cc2cc(Nc3cc(N4CCC(OC5CC(CN6CCC(c7ccc8c(c7F)CN(C7CCC(=O)NC7=O)C8=O)CC6)C5)CC4)ncc3Cl)ccc2n(C(C)C)c1=O. The highest BCUT2D eigenvalue weighted by Crippen LogP contribution is 2.39. The number of rotatable bonds is 13. The predicted molar refractivity (Wildman–Crippen MR) is 244 cm³/mol. The Morgan fingerprint density at radius 3 is 2.46 bits per heavy atom. The van der Waals surface area contributed by atoms with Gasteiger partial charge in [0.15, 0.2) is 12.4 Å². The Morgan fingerprint density at radius 1 is 0.969 bits per heavy atom. The van der Waals surface area contributed by atoms with Gasteiger partial charge in [0, 0.05) is 67.4 Å². The number of piperidine rings is 3. The van der Waals surface area contributed by atoms with Crippen molar-refractivity contribution in [1.29, 1.82) is 0 Å². The van der Waals surface area contributed by atoms with Crippen molar-refractivity contribution in [2.75, 3.05) is 56.6 Å². The van der Waals surface area contributed by atoms with Gasteiger partial charge in [-0.15, -0.1) is 0 Å². The number of halogens is 2. The number of imide groups is 1. The van der Waals surface area contributed by atoms with Crippen molar-refractivity contribution in [3.05, 3.63) is 86.5 Å². The Labute approximate surface area is 381 Å². The van der Waals surface area contributed by atoms with Crippen LogP contribution in [0, 0.1) is 11.7 Å². The van der Waals surface area contributed by atoms with Gasteiger partial charge >= 0.3 is 0 Å². The fourth-order valence-corrected chi connectivity index (χ4v) is 10.4. The summed E-state index contributed by atoms with van der Waals surface area (Å²) in [5, 5.41) is 9.51. The maximum absolute atomic E-state index is 16.0. The van der Waals surface area contributed by atoms with Crippen molar-refractivity contribution >= 4 is 63.3 Å². The van der Waals surface area contributed by atoms with E-state index in [1.165, 1.54) is 11.9 Å². The molecule has 1 aliphatic carbocycles. The number of nitrogens with zero attached hydrogens (tertiary/aromatic N) is 5. The molecule has 15 nitrogen and oxygen atoms in total. The molecule has 344 valence electrons. The van der Waals surface area contributed by atoms with E-state index in [9.17, 15) is 24.0 Å². The summed E-state index contributed by atoms with van der Waals surface area (Å²) in [6, 6.07) is 11.9. The summed E-state index contributed by atoms with van der Waals surface area (Å²) in [4.78, 5) is 73.2. The third kappa shape index (κ3) is 9.30. The molecule has 3 saturated heterocycles. The van der Waals surface area contributed by atoms with Crippen LogP contribution in [-0.2, 0) is 25.7 Å². The molecule has 2 aromatic carbocycles. The van der Waals surface area contributed by atoms with E-state index < -0.39 is 11.9 Å². The summed E-state index contributed by atoms with van der Waals surface area (Å²) in [5.41, 5.74) is 3.25. The summed E-state index contributed by atoms with van der Waals surface area (Å²) < 4.78 is 29.9. The number of nitrogens with one attached hydrogen (secondary N) is 3. The number of aromatic nitrogens is 2. The second-order valence-corrected chi connectivity index (χ2v) is 18.8. The number of likely N-dealkylation sites (N-methyl/N-ethyl adjacent to an activating group) is 1. The molecule has 17 heteroatoms. The fourth-order valence-electron chi connectivity index (χ4n) is 10.2. The lowest BCUT2D eigenvalue weighted by Gasteiger charge is -2.43. The second kappa shape index (κ2) is 18.7. The molecule has 2 aromatic heterocycles. The monoisotopic (exact) mass is 910 g/mol. The third-order valence-electron chi connectivity index (χ3n) is 13.8. The van der Waals surface area contributed by atoms with Crippen molar-refractivity contribution in [2.45, 2.75) is 102 Å². The maximum atomic E-state index is 16.0. The van der Waals surface area contributed by atoms with Crippen LogP contribution in [-0.4, -0.2) is 108 Å². The Morgan fingerprint density at radius 2 is 1.74 bits per heavy atom. The van der Waals surface area contributed by atoms with E-state index >= 15 is 4.39 Å². The molecule has 4 aliphatic heterocycles. The highest BCUT2D eigenvalue weighted by molar-refractivity contribution is 6.33. The van der Waals surface area contributed by atoms with Crippen molar-refractivity contribution in [3.63, 3.8) is 0 Å². The van der Waals surface area contributed by atoms with Crippen LogP contribution in [0.5, 0.6) is 5.75 Å². The first-order valence-corrected chi connectivity index (χ1v) is 23.2. The van der Waals surface area contributed by atoms with Gasteiger partial charge in [0.05, 0.1) is 41.2 Å². The number of anilines is 3. The minimum absolute atomic E-state index is 0.0461. The van der Waals surface area contributed by atoms with Gasteiger partial charge in [-0.2, -0.15) is 0 Å². The number of pyridine rings is 2. The number of carbonyl (C=O) groups is 4. The Kier molecular flexibility index (Phi) is 12.9. The van der Waals surface area contributed by atoms with Crippen molar-refractivity contribution in [3.8, 4) is 5.75 Å². The highest BCUT2D eigenvalue weighted by Gasteiger charge is 2.41. The van der Waals surface area contributed by atoms with Crippen LogP contribution in [0.15, 0.2) is 53.5 Å². The average molecular weight is 911 g/mol. The van der Waals surface area contributed by atoms with Crippen LogP contribution in [0.1, 0.15) is 98.7 Å². The van der Waals surface area contributed by atoms with Gasteiger partial charge in [-0.05, 0) is 120 Å². The van der Waals surface area contributed by atoms with Gasteiger partial charge in [-0.25, -0.2) is 9.37 Å². The van der Waals surface area contributed by atoms with Crippen LogP contribution in [0.3, 0.4) is 0 Å². The van der Waals surface area contributed by atoms with E-state index in [-0.39, 0.29) is 85.0 Å². The van der Waals surface area contributed by atoms with E-state index in [1.54, 1.807) is 29.0 Å². The zero-order valence-electron chi connectivity index (χ0n) is 37.0. The molecular formula is C48H56ClFN8O7. The lowest BCUT2D eigenvalue weighted by Crippen LogP contribution is -2.52. The first-order valence-electron chi connectivity index (χ1n) is 22.9. The van der Waals surface area contributed by atoms with Crippen LogP contribution in [0.25, 0.3) is 10.9 Å².